The van der Waals surface area contributed by atoms with Crippen LogP contribution in [0.2, 0.25) is 0 Å². The van der Waals surface area contributed by atoms with Gasteiger partial charge in [-0.05, 0) is 31.0 Å². The fourth-order valence-corrected chi connectivity index (χ4v) is 2.00. The van der Waals surface area contributed by atoms with Gasteiger partial charge in [0.1, 0.15) is 0 Å². The summed E-state index contributed by atoms with van der Waals surface area (Å²) in [5.74, 6) is -0.844. The lowest BCUT2D eigenvalue weighted by Crippen LogP contribution is -2.24. The molecule has 3 N–H and O–H groups in total. The van der Waals surface area contributed by atoms with E-state index in [2.05, 4.69) is 6.92 Å². The number of unbranched alkanes of at least 4 members (excludes halogenated alkanes) is 1. The quantitative estimate of drug-likeness (QED) is 0.587. The molecule has 0 fully saturated rings. The number of nitrogens with two attached hydrogens (primary N) is 1. The number of benzene rings is 1. The van der Waals surface area contributed by atoms with Crippen LogP contribution in [0.15, 0.2) is 24.3 Å². The molecule has 0 spiro atoms. The smallest absolute Gasteiger partial charge is 0.311 e. The Hall–Kier alpha value is -1.55. The zero-order chi connectivity index (χ0) is 14.3. The average Bonchev–Trinajstić information content (AvgIpc) is 2.40. The number of esters is 1. The summed E-state index contributed by atoms with van der Waals surface area (Å²) < 4.78 is 5.04. The maximum Gasteiger partial charge on any atom is 0.311 e. The molecule has 0 saturated heterocycles. The Kier molecular flexibility index (Phi) is 6.36. The lowest BCUT2D eigenvalue weighted by molar-refractivity contribution is -0.152. The SMILES string of the molecule is CCCC[C@H](C(=O)OCC)C(O)c1ccc(N)cc1. The average molecular weight is 265 g/mol. The number of aliphatic hydroxyl groups is 1. The highest BCUT2D eigenvalue weighted by atomic mass is 16.5. The summed E-state index contributed by atoms with van der Waals surface area (Å²) in [6.07, 6.45) is 1.65. The van der Waals surface area contributed by atoms with Gasteiger partial charge in [-0.25, -0.2) is 0 Å². The number of aliphatic hydroxyl groups excluding tert-OH is 1. The van der Waals surface area contributed by atoms with Crippen molar-refractivity contribution in [2.45, 2.75) is 39.2 Å². The first-order chi connectivity index (χ1) is 9.10. The van der Waals surface area contributed by atoms with Gasteiger partial charge in [0, 0.05) is 5.69 Å². The Morgan fingerprint density at radius 1 is 1.32 bits per heavy atom. The van der Waals surface area contributed by atoms with E-state index in [1.54, 1.807) is 31.2 Å². The summed E-state index contributed by atoms with van der Waals surface area (Å²) in [5.41, 5.74) is 6.95. The number of hydrogen-bond acceptors (Lipinski definition) is 4. The lowest BCUT2D eigenvalue weighted by Gasteiger charge is -2.21. The van der Waals surface area contributed by atoms with Crippen molar-refractivity contribution < 1.29 is 14.6 Å². The minimum atomic E-state index is -0.841. The zero-order valence-corrected chi connectivity index (χ0v) is 11.6. The van der Waals surface area contributed by atoms with Gasteiger partial charge in [0.15, 0.2) is 0 Å². The largest absolute Gasteiger partial charge is 0.466 e. The Balaban J connectivity index is 2.83. The van der Waals surface area contributed by atoms with Crippen molar-refractivity contribution in [3.8, 4) is 0 Å². The Morgan fingerprint density at radius 3 is 2.47 bits per heavy atom. The molecule has 1 rings (SSSR count). The molecule has 2 atom stereocenters. The van der Waals surface area contributed by atoms with Crippen molar-refractivity contribution in [2.75, 3.05) is 12.3 Å². The summed E-state index contributed by atoms with van der Waals surface area (Å²) in [5, 5.41) is 10.4. The monoisotopic (exact) mass is 265 g/mol. The van der Waals surface area contributed by atoms with Gasteiger partial charge in [-0.1, -0.05) is 31.9 Å². The molecule has 0 aliphatic rings. The maximum absolute atomic E-state index is 11.9. The van der Waals surface area contributed by atoms with Crippen LogP contribution in [-0.2, 0) is 9.53 Å². The van der Waals surface area contributed by atoms with Gasteiger partial charge in [-0.2, -0.15) is 0 Å². The van der Waals surface area contributed by atoms with E-state index < -0.39 is 12.0 Å². The van der Waals surface area contributed by atoms with Crippen LogP contribution >= 0.6 is 0 Å². The highest BCUT2D eigenvalue weighted by Crippen LogP contribution is 2.28. The maximum atomic E-state index is 11.9. The van der Waals surface area contributed by atoms with Gasteiger partial charge in [0.05, 0.1) is 18.6 Å². The summed E-state index contributed by atoms with van der Waals surface area (Å²) in [6.45, 7) is 4.15. The first kappa shape index (κ1) is 15.5. The molecule has 0 aliphatic heterocycles. The van der Waals surface area contributed by atoms with Crippen LogP contribution in [0.1, 0.15) is 44.8 Å². The van der Waals surface area contributed by atoms with E-state index in [0.717, 1.165) is 12.8 Å². The number of nitrogen functional groups attached to an aromatic ring is 1. The number of hydrogen-bond donors (Lipinski definition) is 2. The number of rotatable bonds is 7. The van der Waals surface area contributed by atoms with E-state index in [4.69, 9.17) is 10.5 Å². The molecule has 19 heavy (non-hydrogen) atoms. The first-order valence-electron chi connectivity index (χ1n) is 6.80. The van der Waals surface area contributed by atoms with Crippen molar-refractivity contribution in [3.63, 3.8) is 0 Å². The fraction of sp³-hybridized carbons (Fsp3) is 0.533. The van der Waals surface area contributed by atoms with E-state index in [9.17, 15) is 9.90 Å². The molecule has 0 aliphatic carbocycles. The van der Waals surface area contributed by atoms with Crippen molar-refractivity contribution in [3.05, 3.63) is 29.8 Å². The van der Waals surface area contributed by atoms with Crippen molar-refractivity contribution in [1.29, 1.82) is 0 Å². The molecular weight excluding hydrogens is 242 g/mol. The third kappa shape index (κ3) is 4.56. The van der Waals surface area contributed by atoms with Crippen LogP contribution in [0.5, 0.6) is 0 Å². The molecule has 1 aromatic carbocycles. The second-order valence-corrected chi connectivity index (χ2v) is 4.61. The Bertz CT molecular complexity index is 389. The predicted molar refractivity (Wildman–Crippen MR) is 75.5 cm³/mol. The number of anilines is 1. The molecule has 0 saturated carbocycles. The van der Waals surface area contributed by atoms with Gasteiger partial charge in [-0.15, -0.1) is 0 Å². The summed E-state index contributed by atoms with van der Waals surface area (Å²) in [4.78, 5) is 11.9. The van der Waals surface area contributed by atoms with Crippen LogP contribution in [0, 0.1) is 5.92 Å². The Morgan fingerprint density at radius 2 is 1.95 bits per heavy atom. The van der Waals surface area contributed by atoms with Gasteiger partial charge in [0.25, 0.3) is 0 Å². The summed E-state index contributed by atoms with van der Waals surface area (Å²) >= 11 is 0. The molecule has 4 heteroatoms. The highest BCUT2D eigenvalue weighted by molar-refractivity contribution is 5.73. The molecule has 106 valence electrons. The lowest BCUT2D eigenvalue weighted by atomic mass is 9.91. The third-order valence-electron chi connectivity index (χ3n) is 3.12. The van der Waals surface area contributed by atoms with Crippen LogP contribution in [0.4, 0.5) is 5.69 Å². The fourth-order valence-electron chi connectivity index (χ4n) is 2.00. The van der Waals surface area contributed by atoms with Crippen molar-refractivity contribution in [1.82, 2.24) is 0 Å². The highest BCUT2D eigenvalue weighted by Gasteiger charge is 2.28. The standard InChI is InChI=1S/C15H23NO3/c1-3-5-6-13(15(18)19-4-2)14(17)11-7-9-12(16)10-8-11/h7-10,13-14,17H,3-6,16H2,1-2H3/t13-,14?/m0/s1. The number of ether oxygens (including phenoxy) is 1. The minimum Gasteiger partial charge on any atom is -0.466 e. The molecule has 0 bridgehead atoms. The molecule has 4 nitrogen and oxygen atoms in total. The number of carbonyl (C=O) groups is 1. The molecule has 0 aromatic heterocycles. The topological polar surface area (TPSA) is 72.5 Å². The molecule has 1 unspecified atom stereocenters. The van der Waals surface area contributed by atoms with Gasteiger partial charge in [0.2, 0.25) is 0 Å². The van der Waals surface area contributed by atoms with Crippen LogP contribution < -0.4 is 5.73 Å². The van der Waals surface area contributed by atoms with Crippen molar-refractivity contribution in [2.24, 2.45) is 5.92 Å². The third-order valence-corrected chi connectivity index (χ3v) is 3.12. The second kappa shape index (κ2) is 7.79. The molecule has 0 heterocycles. The summed E-state index contributed by atoms with van der Waals surface area (Å²) in [6, 6.07) is 6.94. The van der Waals surface area contributed by atoms with Crippen LogP contribution in [-0.4, -0.2) is 17.7 Å². The molecule has 1 aromatic rings. The first-order valence-corrected chi connectivity index (χ1v) is 6.80. The van der Waals surface area contributed by atoms with E-state index >= 15 is 0 Å². The zero-order valence-electron chi connectivity index (χ0n) is 11.6. The van der Waals surface area contributed by atoms with E-state index in [1.165, 1.54) is 0 Å². The molecular formula is C15H23NO3. The molecule has 0 radical (unpaired) electrons. The van der Waals surface area contributed by atoms with Gasteiger partial charge in [-0.3, -0.25) is 4.79 Å². The summed E-state index contributed by atoms with van der Waals surface area (Å²) in [7, 11) is 0. The van der Waals surface area contributed by atoms with Gasteiger partial charge >= 0.3 is 5.97 Å². The van der Waals surface area contributed by atoms with Crippen LogP contribution in [0.3, 0.4) is 0 Å². The predicted octanol–water partition coefficient (Wildman–Crippen LogP) is 2.67. The van der Waals surface area contributed by atoms with E-state index in [-0.39, 0.29) is 5.97 Å². The Labute approximate surface area is 114 Å². The van der Waals surface area contributed by atoms with Crippen molar-refractivity contribution >= 4 is 11.7 Å². The number of carbonyl (C=O) groups excluding carboxylic acids is 1. The minimum absolute atomic E-state index is 0.329. The van der Waals surface area contributed by atoms with Gasteiger partial charge < -0.3 is 15.6 Å². The van der Waals surface area contributed by atoms with E-state index in [0.29, 0.717) is 24.3 Å². The normalized spacial score (nSPS) is 13.8. The molecule has 0 amide bonds. The second-order valence-electron chi connectivity index (χ2n) is 4.61. The van der Waals surface area contributed by atoms with E-state index in [1.807, 2.05) is 0 Å². The van der Waals surface area contributed by atoms with Crippen LogP contribution in [0.25, 0.3) is 0 Å².